The van der Waals surface area contributed by atoms with Crippen LogP contribution in [0.4, 0.5) is 0 Å². The summed E-state index contributed by atoms with van der Waals surface area (Å²) in [4.78, 5) is 0. The summed E-state index contributed by atoms with van der Waals surface area (Å²) in [7, 11) is 2.18. The molecule has 0 heterocycles. The summed E-state index contributed by atoms with van der Waals surface area (Å²) in [6, 6.07) is 0.750. The molecule has 2 fully saturated rings. The van der Waals surface area contributed by atoms with Gasteiger partial charge in [0.2, 0.25) is 0 Å². The molecule has 0 aromatic carbocycles. The Labute approximate surface area is 75.5 Å². The summed E-state index contributed by atoms with van der Waals surface area (Å²) < 4.78 is 2.34. The van der Waals surface area contributed by atoms with Crippen LogP contribution in [0, 0.1) is 23.7 Å². The molecule has 0 amide bonds. The van der Waals surface area contributed by atoms with Crippen LogP contribution in [0.5, 0.6) is 0 Å². The Morgan fingerprint density at radius 3 is 2.42 bits per heavy atom. The van der Waals surface area contributed by atoms with E-state index in [-0.39, 0.29) is 0 Å². The van der Waals surface area contributed by atoms with Crippen molar-refractivity contribution in [2.75, 3.05) is 7.05 Å². The number of fused-ring (bicyclic) bond motifs is 1. The van der Waals surface area contributed by atoms with Crippen molar-refractivity contribution < 1.29 is 4.58 Å². The number of hydrogen-bond acceptors (Lipinski definition) is 0. The van der Waals surface area contributed by atoms with Gasteiger partial charge >= 0.3 is 0 Å². The van der Waals surface area contributed by atoms with E-state index in [0.717, 1.165) is 29.7 Å². The second-order valence-electron chi connectivity index (χ2n) is 4.69. The zero-order valence-electron chi connectivity index (χ0n) is 8.62. The minimum absolute atomic E-state index is 0.750. The molecule has 0 radical (unpaired) electrons. The molecule has 3 atom stereocenters. The summed E-state index contributed by atoms with van der Waals surface area (Å²) >= 11 is 0. The Hall–Kier alpha value is -0.330. The van der Waals surface area contributed by atoms with Gasteiger partial charge in [0.25, 0.3) is 0 Å². The highest BCUT2D eigenvalue weighted by molar-refractivity contribution is 5.46. The molecule has 0 N–H and O–H groups in total. The molecule has 0 aliphatic heterocycles. The Morgan fingerprint density at radius 2 is 2.00 bits per heavy atom. The summed E-state index contributed by atoms with van der Waals surface area (Å²) in [5, 5.41) is 0. The van der Waals surface area contributed by atoms with Gasteiger partial charge in [0.05, 0.1) is 0 Å². The lowest BCUT2D eigenvalue weighted by Gasteiger charge is -2.11. The highest BCUT2D eigenvalue weighted by Crippen LogP contribution is 2.74. The van der Waals surface area contributed by atoms with Gasteiger partial charge in [-0.3, -0.25) is 0 Å². The molecule has 3 unspecified atom stereocenters. The fraction of sp³-hybridized carbons (Fsp3) is 0.909. The summed E-state index contributed by atoms with van der Waals surface area (Å²) in [6.45, 7) is 6.85. The first-order valence-electron chi connectivity index (χ1n) is 5.18. The van der Waals surface area contributed by atoms with E-state index in [0.29, 0.717) is 0 Å². The minimum atomic E-state index is 0.750. The zero-order chi connectivity index (χ0) is 8.88. The van der Waals surface area contributed by atoms with Crippen molar-refractivity contribution >= 4 is 6.21 Å². The predicted octanol–water partition coefficient (Wildman–Crippen LogP) is 2.01. The molecular weight excluding hydrogens is 146 g/mol. The highest BCUT2D eigenvalue weighted by Gasteiger charge is 2.70. The molecule has 12 heavy (non-hydrogen) atoms. The molecule has 0 saturated heterocycles. The molecule has 0 aromatic heterocycles. The Kier molecular flexibility index (Phi) is 1.78. The van der Waals surface area contributed by atoms with Crippen molar-refractivity contribution in [1.82, 2.24) is 0 Å². The third-order valence-corrected chi connectivity index (χ3v) is 4.08. The molecule has 0 spiro atoms. The van der Waals surface area contributed by atoms with Gasteiger partial charge in [0.15, 0.2) is 0 Å². The maximum Gasteiger partial charge on any atom is 0.149 e. The maximum absolute atomic E-state index is 2.40. The van der Waals surface area contributed by atoms with E-state index >= 15 is 0 Å². The van der Waals surface area contributed by atoms with Gasteiger partial charge in [0, 0.05) is 13.3 Å². The molecule has 2 rings (SSSR count). The van der Waals surface area contributed by atoms with E-state index in [1.165, 1.54) is 6.42 Å². The Bertz CT molecular complexity index is 209. The van der Waals surface area contributed by atoms with E-state index in [9.17, 15) is 0 Å². The number of nitrogens with zero attached hydrogens (tertiary/aromatic N) is 1. The second kappa shape index (κ2) is 2.58. The van der Waals surface area contributed by atoms with Gasteiger partial charge in [-0.15, -0.1) is 0 Å². The second-order valence-corrected chi connectivity index (χ2v) is 4.69. The van der Waals surface area contributed by atoms with Crippen molar-refractivity contribution in [3.63, 3.8) is 0 Å². The lowest BCUT2D eigenvalue weighted by molar-refractivity contribution is -0.531. The monoisotopic (exact) mass is 166 g/mol. The Morgan fingerprint density at radius 1 is 1.42 bits per heavy atom. The smallest absolute Gasteiger partial charge is 0.149 e. The van der Waals surface area contributed by atoms with Crippen molar-refractivity contribution in [1.29, 1.82) is 0 Å². The van der Waals surface area contributed by atoms with Gasteiger partial charge in [-0.05, 0) is 30.6 Å². The molecule has 0 bridgehead atoms. The summed E-state index contributed by atoms with van der Waals surface area (Å²) in [6.07, 6.45) is 3.60. The van der Waals surface area contributed by atoms with Crippen molar-refractivity contribution in [3.05, 3.63) is 0 Å². The molecule has 2 aliphatic rings. The van der Waals surface area contributed by atoms with E-state index in [2.05, 4.69) is 38.6 Å². The van der Waals surface area contributed by atoms with Crippen LogP contribution in [0.1, 0.15) is 27.2 Å². The number of hydrogen-bond donors (Lipinski definition) is 0. The van der Waals surface area contributed by atoms with Crippen molar-refractivity contribution in [2.24, 2.45) is 23.7 Å². The lowest BCUT2D eigenvalue weighted by atomic mass is 10.00. The van der Waals surface area contributed by atoms with E-state index in [1.807, 2.05) is 0 Å². The topological polar surface area (TPSA) is 3.01 Å². The fourth-order valence-corrected chi connectivity index (χ4v) is 2.72. The van der Waals surface area contributed by atoms with Crippen LogP contribution in [0.15, 0.2) is 0 Å². The maximum atomic E-state index is 2.40. The lowest BCUT2D eigenvalue weighted by Crippen LogP contribution is -2.22. The average molecular weight is 166 g/mol. The summed E-state index contributed by atoms with van der Waals surface area (Å²) in [5.41, 5.74) is 0. The zero-order valence-corrected chi connectivity index (χ0v) is 8.62. The first kappa shape index (κ1) is 8.28. The largest absolute Gasteiger partial charge is 0.240 e. The van der Waals surface area contributed by atoms with Crippen LogP contribution in [-0.2, 0) is 0 Å². The van der Waals surface area contributed by atoms with Gasteiger partial charge in [-0.2, -0.15) is 0 Å². The molecule has 1 nitrogen and oxygen atoms in total. The Balaban J connectivity index is 1.75. The van der Waals surface area contributed by atoms with Gasteiger partial charge < -0.3 is 0 Å². The molecular formula is C11H20N+. The highest BCUT2D eigenvalue weighted by atomic mass is 15.0. The predicted molar refractivity (Wildman–Crippen MR) is 51.6 cm³/mol. The minimum Gasteiger partial charge on any atom is -0.240 e. The van der Waals surface area contributed by atoms with E-state index in [4.69, 9.17) is 0 Å². The number of rotatable bonds is 3. The van der Waals surface area contributed by atoms with Crippen LogP contribution < -0.4 is 0 Å². The van der Waals surface area contributed by atoms with E-state index < -0.39 is 0 Å². The molecule has 68 valence electrons. The third kappa shape index (κ3) is 1.10. The van der Waals surface area contributed by atoms with E-state index in [1.54, 1.807) is 0 Å². The van der Waals surface area contributed by atoms with Crippen molar-refractivity contribution in [3.8, 4) is 0 Å². The van der Waals surface area contributed by atoms with Gasteiger partial charge in [0.1, 0.15) is 19.3 Å². The van der Waals surface area contributed by atoms with Crippen LogP contribution in [0.2, 0.25) is 0 Å². The van der Waals surface area contributed by atoms with Crippen LogP contribution in [0.25, 0.3) is 0 Å². The first-order valence-corrected chi connectivity index (χ1v) is 5.18. The average Bonchev–Trinajstić information content (AvgIpc) is 2.93. The molecule has 0 aromatic rings. The summed E-state index contributed by atoms with van der Waals surface area (Å²) in [5.74, 6) is 4.45. The quantitative estimate of drug-likeness (QED) is 0.446. The van der Waals surface area contributed by atoms with Crippen LogP contribution >= 0.6 is 0 Å². The first-order chi connectivity index (χ1) is 5.66. The molecule has 1 heteroatoms. The normalized spacial score (nSPS) is 46.8. The van der Waals surface area contributed by atoms with Crippen LogP contribution in [0.3, 0.4) is 0 Å². The third-order valence-electron chi connectivity index (χ3n) is 4.08. The molecule has 2 saturated carbocycles. The fourth-order valence-electron chi connectivity index (χ4n) is 2.72. The van der Waals surface area contributed by atoms with Crippen LogP contribution in [-0.4, -0.2) is 23.9 Å². The van der Waals surface area contributed by atoms with Crippen molar-refractivity contribution in [2.45, 2.75) is 33.2 Å². The van der Waals surface area contributed by atoms with Gasteiger partial charge in [-0.1, -0.05) is 6.92 Å². The molecule has 2 aliphatic carbocycles. The standard InChI is InChI=1S/C11H20N/c1-5-12(4)7(2)6-9-10-8(3)11(9)10/h5,7-11H,6H2,1-4H3/q+1. The SMILES string of the molecule is CC=[N+](C)C(C)CC1C2C(C)C12. The van der Waals surface area contributed by atoms with Gasteiger partial charge in [-0.25, -0.2) is 4.58 Å².